The summed E-state index contributed by atoms with van der Waals surface area (Å²) in [5.74, 6) is 1.23. The van der Waals surface area contributed by atoms with Gasteiger partial charge in [0.15, 0.2) is 0 Å². The number of rotatable bonds is 6. The molecule has 0 saturated heterocycles. The Balaban J connectivity index is 1.72. The Morgan fingerprint density at radius 2 is 1.79 bits per heavy atom. The fraction of sp³-hybridized carbons (Fsp3) is 0.150. The van der Waals surface area contributed by atoms with E-state index in [4.69, 9.17) is 21.1 Å². The van der Waals surface area contributed by atoms with Crippen LogP contribution in [0.5, 0.6) is 11.5 Å². The van der Waals surface area contributed by atoms with Crippen molar-refractivity contribution < 1.29 is 14.3 Å². The molecule has 0 bridgehead atoms. The highest BCUT2D eigenvalue weighted by molar-refractivity contribution is 6.30. The highest BCUT2D eigenvalue weighted by Gasteiger charge is 2.13. The minimum Gasteiger partial charge on any atom is -0.497 e. The normalized spacial score (nSPS) is 10.3. The van der Waals surface area contributed by atoms with Crippen molar-refractivity contribution in [2.45, 2.75) is 6.92 Å². The van der Waals surface area contributed by atoms with Gasteiger partial charge in [-0.1, -0.05) is 11.6 Å². The third-order valence-corrected chi connectivity index (χ3v) is 4.23. The van der Waals surface area contributed by atoms with Gasteiger partial charge < -0.3 is 20.1 Å². The summed E-state index contributed by atoms with van der Waals surface area (Å²) in [6.45, 7) is 1.94. The third kappa shape index (κ3) is 4.50. The molecule has 0 radical (unpaired) electrons. The van der Waals surface area contributed by atoms with Gasteiger partial charge in [0.2, 0.25) is 0 Å². The van der Waals surface area contributed by atoms with Gasteiger partial charge in [-0.05, 0) is 42.8 Å². The number of aryl methyl sites for hydroxylation is 1. The molecule has 7 nitrogen and oxygen atoms in total. The molecule has 2 N–H and O–H groups in total. The molecule has 0 spiro atoms. The quantitative estimate of drug-likeness (QED) is 0.638. The number of anilines is 3. The van der Waals surface area contributed by atoms with Gasteiger partial charge in [-0.25, -0.2) is 9.97 Å². The first-order valence-corrected chi connectivity index (χ1v) is 8.76. The van der Waals surface area contributed by atoms with E-state index < -0.39 is 5.91 Å². The second-order valence-electron chi connectivity index (χ2n) is 5.89. The lowest BCUT2D eigenvalue weighted by atomic mass is 10.2. The molecule has 1 aromatic heterocycles. The summed E-state index contributed by atoms with van der Waals surface area (Å²) in [6, 6.07) is 10.6. The van der Waals surface area contributed by atoms with Gasteiger partial charge >= 0.3 is 0 Å². The van der Waals surface area contributed by atoms with E-state index in [0.29, 0.717) is 28.0 Å². The number of aromatic nitrogens is 2. The number of nitrogens with one attached hydrogen (secondary N) is 2. The van der Waals surface area contributed by atoms with Crippen LogP contribution in [0.15, 0.2) is 48.8 Å². The molecule has 0 aliphatic rings. The SMILES string of the molecule is COc1ccc(NC(=O)c2cnc(Nc3ccc(Cl)cc3C)cn2)c(OC)c1. The van der Waals surface area contributed by atoms with Crippen molar-refractivity contribution in [1.29, 1.82) is 0 Å². The smallest absolute Gasteiger partial charge is 0.275 e. The van der Waals surface area contributed by atoms with Crippen molar-refractivity contribution in [2.75, 3.05) is 24.9 Å². The molecule has 2 aromatic carbocycles. The average Bonchev–Trinajstić information content (AvgIpc) is 2.71. The predicted molar refractivity (Wildman–Crippen MR) is 109 cm³/mol. The maximum atomic E-state index is 12.5. The van der Waals surface area contributed by atoms with E-state index in [2.05, 4.69) is 20.6 Å². The molecule has 1 amide bonds. The van der Waals surface area contributed by atoms with Crippen LogP contribution < -0.4 is 20.1 Å². The van der Waals surface area contributed by atoms with Gasteiger partial charge in [-0.3, -0.25) is 4.79 Å². The molecule has 144 valence electrons. The number of amides is 1. The summed E-state index contributed by atoms with van der Waals surface area (Å²) < 4.78 is 10.4. The first-order valence-electron chi connectivity index (χ1n) is 8.38. The second kappa shape index (κ2) is 8.58. The predicted octanol–water partition coefficient (Wildman–Crippen LogP) is 4.45. The minimum absolute atomic E-state index is 0.177. The zero-order valence-electron chi connectivity index (χ0n) is 15.6. The van der Waals surface area contributed by atoms with E-state index >= 15 is 0 Å². The summed E-state index contributed by atoms with van der Waals surface area (Å²) >= 11 is 5.96. The van der Waals surface area contributed by atoms with E-state index in [0.717, 1.165) is 11.3 Å². The summed E-state index contributed by atoms with van der Waals surface area (Å²) in [5, 5.41) is 6.57. The Bertz CT molecular complexity index is 993. The van der Waals surface area contributed by atoms with E-state index in [1.54, 1.807) is 31.4 Å². The molecule has 3 aromatic rings. The number of carbonyl (C=O) groups is 1. The van der Waals surface area contributed by atoms with E-state index in [1.165, 1.54) is 19.5 Å². The number of halogens is 1. The summed E-state index contributed by atoms with van der Waals surface area (Å²) in [7, 11) is 3.08. The monoisotopic (exact) mass is 398 g/mol. The molecule has 28 heavy (non-hydrogen) atoms. The Morgan fingerprint density at radius 3 is 2.43 bits per heavy atom. The van der Waals surface area contributed by atoms with Crippen molar-refractivity contribution in [3.8, 4) is 11.5 Å². The first-order chi connectivity index (χ1) is 13.5. The summed E-state index contributed by atoms with van der Waals surface area (Å²) in [4.78, 5) is 20.9. The Morgan fingerprint density at radius 1 is 1.00 bits per heavy atom. The van der Waals surface area contributed by atoms with Gasteiger partial charge in [-0.2, -0.15) is 0 Å². The highest BCUT2D eigenvalue weighted by Crippen LogP contribution is 2.29. The van der Waals surface area contributed by atoms with Crippen molar-refractivity contribution >= 4 is 34.7 Å². The van der Waals surface area contributed by atoms with Crippen molar-refractivity contribution in [2.24, 2.45) is 0 Å². The van der Waals surface area contributed by atoms with Gasteiger partial charge in [-0.15, -0.1) is 0 Å². The minimum atomic E-state index is -0.398. The topological polar surface area (TPSA) is 85.4 Å². The highest BCUT2D eigenvalue weighted by atomic mass is 35.5. The molecule has 0 aliphatic heterocycles. The molecule has 0 saturated carbocycles. The van der Waals surface area contributed by atoms with Gasteiger partial charge in [0.05, 0.1) is 32.3 Å². The van der Waals surface area contributed by atoms with Crippen LogP contribution in [0, 0.1) is 6.92 Å². The molecule has 0 unspecified atom stereocenters. The maximum absolute atomic E-state index is 12.5. The standard InChI is InChI=1S/C20H19ClN4O3/c1-12-8-13(21)4-6-15(12)24-19-11-22-17(10-23-19)20(26)25-16-7-5-14(27-2)9-18(16)28-3/h4-11H,1-3H3,(H,23,24)(H,25,26). The zero-order chi connectivity index (χ0) is 20.1. The number of methoxy groups -OCH3 is 2. The molecule has 3 rings (SSSR count). The molecule has 8 heteroatoms. The second-order valence-corrected chi connectivity index (χ2v) is 6.33. The van der Waals surface area contributed by atoms with Crippen LogP contribution in [0.2, 0.25) is 5.02 Å². The van der Waals surface area contributed by atoms with E-state index in [1.807, 2.05) is 19.1 Å². The van der Waals surface area contributed by atoms with Crippen LogP contribution >= 0.6 is 11.6 Å². The van der Waals surface area contributed by atoms with Crippen LogP contribution in [-0.4, -0.2) is 30.1 Å². The van der Waals surface area contributed by atoms with Gasteiger partial charge in [0, 0.05) is 16.8 Å². The molecule has 0 atom stereocenters. The Hall–Kier alpha value is -3.32. The lowest BCUT2D eigenvalue weighted by Gasteiger charge is -2.12. The van der Waals surface area contributed by atoms with Crippen LogP contribution in [0.25, 0.3) is 0 Å². The van der Waals surface area contributed by atoms with Crippen molar-refractivity contribution in [1.82, 2.24) is 9.97 Å². The third-order valence-electron chi connectivity index (χ3n) is 3.99. The lowest BCUT2D eigenvalue weighted by Crippen LogP contribution is -2.15. The zero-order valence-corrected chi connectivity index (χ0v) is 16.4. The maximum Gasteiger partial charge on any atom is 0.275 e. The summed E-state index contributed by atoms with van der Waals surface area (Å²) in [6.07, 6.45) is 2.90. The van der Waals surface area contributed by atoms with E-state index in [9.17, 15) is 4.79 Å². The van der Waals surface area contributed by atoms with Crippen molar-refractivity contribution in [3.63, 3.8) is 0 Å². The average molecular weight is 399 g/mol. The van der Waals surface area contributed by atoms with Crippen LogP contribution in [-0.2, 0) is 0 Å². The number of hydrogen-bond acceptors (Lipinski definition) is 6. The molecular weight excluding hydrogens is 380 g/mol. The molecule has 0 aliphatic carbocycles. The number of nitrogens with zero attached hydrogens (tertiary/aromatic N) is 2. The summed E-state index contributed by atoms with van der Waals surface area (Å²) in [5.41, 5.74) is 2.52. The molecule has 0 fully saturated rings. The fourth-order valence-corrected chi connectivity index (χ4v) is 2.73. The van der Waals surface area contributed by atoms with Crippen LogP contribution in [0.1, 0.15) is 16.1 Å². The van der Waals surface area contributed by atoms with Crippen LogP contribution in [0.3, 0.4) is 0 Å². The Kier molecular flexibility index (Phi) is 5.96. The van der Waals surface area contributed by atoms with E-state index in [-0.39, 0.29) is 5.69 Å². The molecular formula is C20H19ClN4O3. The fourth-order valence-electron chi connectivity index (χ4n) is 2.50. The molecule has 1 heterocycles. The lowest BCUT2D eigenvalue weighted by molar-refractivity contribution is 0.102. The number of hydrogen-bond donors (Lipinski definition) is 2. The number of carbonyl (C=O) groups excluding carboxylic acids is 1. The number of ether oxygens (including phenoxy) is 2. The van der Waals surface area contributed by atoms with Gasteiger partial charge in [0.1, 0.15) is 23.0 Å². The Labute approximate surface area is 167 Å². The largest absolute Gasteiger partial charge is 0.497 e. The number of benzene rings is 2. The van der Waals surface area contributed by atoms with Crippen molar-refractivity contribution in [3.05, 3.63) is 65.1 Å². The van der Waals surface area contributed by atoms with Gasteiger partial charge in [0.25, 0.3) is 5.91 Å². The first kappa shape index (κ1) is 19.4. The van der Waals surface area contributed by atoms with Crippen LogP contribution in [0.4, 0.5) is 17.2 Å².